The summed E-state index contributed by atoms with van der Waals surface area (Å²) in [5.74, 6) is 0. The monoisotopic (exact) mass is 223 g/mol. The zero-order valence-corrected chi connectivity index (χ0v) is 9.85. The molecule has 2 nitrogen and oxygen atoms in total. The van der Waals surface area contributed by atoms with Crippen molar-refractivity contribution in [3.63, 3.8) is 0 Å². The predicted molar refractivity (Wildman–Crippen MR) is 39.4 cm³/mol. The Bertz CT molecular complexity index is 30.8. The van der Waals surface area contributed by atoms with E-state index in [4.69, 9.17) is 10.2 Å². The van der Waals surface area contributed by atoms with Gasteiger partial charge in [-0.3, -0.25) is 0 Å². The van der Waals surface area contributed by atoms with Crippen LogP contribution in [0.15, 0.2) is 0 Å². The Hall–Kier alpha value is 1.02. The Labute approximate surface area is 88.9 Å². The van der Waals surface area contributed by atoms with E-state index in [0.717, 1.165) is 19.3 Å². The molecule has 10 heavy (non-hydrogen) atoms. The largest absolute Gasteiger partial charge is 0.396 e. The predicted octanol–water partition coefficient (Wildman–Crippen LogP) is 1.17. The van der Waals surface area contributed by atoms with Gasteiger partial charge in [-0.15, -0.1) is 0 Å². The third-order valence-electron chi connectivity index (χ3n) is 0.735. The van der Waals surface area contributed by atoms with Crippen LogP contribution in [0, 0.1) is 0 Å². The number of aliphatic hydroxyl groups excluding tert-OH is 2. The van der Waals surface area contributed by atoms with Gasteiger partial charge in [-0.2, -0.15) is 0 Å². The quantitative estimate of drug-likeness (QED) is 0.753. The topological polar surface area (TPSA) is 40.5 Å². The molecule has 0 saturated heterocycles. The van der Waals surface area contributed by atoms with Crippen LogP contribution >= 0.6 is 0 Å². The van der Waals surface area contributed by atoms with Gasteiger partial charge >= 0.3 is 0 Å². The van der Waals surface area contributed by atoms with E-state index in [1.54, 1.807) is 0 Å². The zero-order chi connectivity index (χ0) is 7.54. The van der Waals surface area contributed by atoms with E-state index in [9.17, 15) is 0 Å². The summed E-state index contributed by atoms with van der Waals surface area (Å²) in [5, 5.41) is 15.9. The summed E-state index contributed by atoms with van der Waals surface area (Å²) in [7, 11) is 0. The van der Waals surface area contributed by atoms with E-state index in [1.165, 1.54) is 0 Å². The summed E-state index contributed by atoms with van der Waals surface area (Å²) in [5.41, 5.74) is 0. The average molecular weight is 223 g/mol. The minimum atomic E-state index is 0. The number of rotatable bonds is 3. The maximum absolute atomic E-state index is 8.07. The second-order valence-electron chi connectivity index (χ2n) is 1.80. The fourth-order valence-electron chi connectivity index (χ4n) is 0.158. The zero-order valence-electron chi connectivity index (χ0n) is 7.01. The molecule has 0 aromatic heterocycles. The van der Waals surface area contributed by atoms with Gasteiger partial charge in [-0.25, -0.2) is 0 Å². The van der Waals surface area contributed by atoms with Crippen LogP contribution in [0.25, 0.3) is 0 Å². The molecule has 0 amide bonds. The van der Waals surface area contributed by atoms with Crippen LogP contribution in [0.5, 0.6) is 0 Å². The minimum absolute atomic E-state index is 0. The van der Waals surface area contributed by atoms with Crippen molar-refractivity contribution in [2.75, 3.05) is 13.2 Å². The Morgan fingerprint density at radius 3 is 1.30 bits per heavy atom. The first-order valence-electron chi connectivity index (χ1n) is 3.55. The molecule has 0 spiro atoms. The van der Waals surface area contributed by atoms with Gasteiger partial charge in [0.15, 0.2) is 0 Å². The average Bonchev–Trinajstić information content (AvgIpc) is 1.91. The molecule has 0 unspecified atom stereocenters. The molecule has 61 valence electrons. The smallest absolute Gasteiger partial charge is 0.0430 e. The summed E-state index contributed by atoms with van der Waals surface area (Å²) in [6.45, 7) is 4.65. The van der Waals surface area contributed by atoms with E-state index in [2.05, 4.69) is 6.92 Å². The van der Waals surface area contributed by atoms with Crippen molar-refractivity contribution < 1.29 is 42.9 Å². The van der Waals surface area contributed by atoms with Crippen molar-refractivity contribution in [1.29, 1.82) is 0 Å². The Kier molecular flexibility index (Phi) is 38.7. The molecule has 0 bridgehead atoms. The van der Waals surface area contributed by atoms with Crippen molar-refractivity contribution in [3.05, 3.63) is 0 Å². The van der Waals surface area contributed by atoms with E-state index < -0.39 is 0 Å². The normalized spacial score (nSPS) is 7.20. The minimum Gasteiger partial charge on any atom is -0.396 e. The van der Waals surface area contributed by atoms with Gasteiger partial charge in [0.25, 0.3) is 0 Å². The molecule has 0 saturated carbocycles. The molecule has 0 heterocycles. The van der Waals surface area contributed by atoms with Crippen molar-refractivity contribution in [2.45, 2.75) is 33.1 Å². The first-order chi connectivity index (χ1) is 4.33. The van der Waals surface area contributed by atoms with Crippen LogP contribution < -0.4 is 0 Å². The molecule has 0 atom stereocenters. The van der Waals surface area contributed by atoms with Gasteiger partial charge in [-0.05, 0) is 12.8 Å². The van der Waals surface area contributed by atoms with Gasteiger partial charge < -0.3 is 10.2 Å². The van der Waals surface area contributed by atoms with E-state index in [-0.39, 0.29) is 32.7 Å². The molecule has 3 heteroatoms. The van der Waals surface area contributed by atoms with Crippen molar-refractivity contribution >= 4 is 0 Å². The van der Waals surface area contributed by atoms with Crippen LogP contribution in [0.2, 0.25) is 0 Å². The molecule has 0 rings (SSSR count). The number of unbranched alkanes of at least 4 members (excludes halogenated alkanes) is 1. The second-order valence-corrected chi connectivity index (χ2v) is 1.80. The van der Waals surface area contributed by atoms with Crippen LogP contribution in [-0.2, 0) is 32.7 Å². The molecule has 0 fully saturated rings. The number of hydrogen-bond acceptors (Lipinski definition) is 2. The Morgan fingerprint density at radius 2 is 1.30 bits per heavy atom. The van der Waals surface area contributed by atoms with E-state index >= 15 is 0 Å². The van der Waals surface area contributed by atoms with Crippen molar-refractivity contribution in [3.8, 4) is 0 Å². The standard InChI is InChI=1S/C4H10O.C3H8O.Y/c1-2-3-4-5;1-2-3-4;/h5H,2-4H2,1H3;4H,2-3H2,1H3;. The number of aliphatic hydroxyl groups is 2. The van der Waals surface area contributed by atoms with Crippen LogP contribution in [-0.4, -0.2) is 23.4 Å². The molecule has 0 aliphatic rings. The fraction of sp³-hybridized carbons (Fsp3) is 1.00. The van der Waals surface area contributed by atoms with Gasteiger partial charge in [0.1, 0.15) is 0 Å². The van der Waals surface area contributed by atoms with Gasteiger partial charge in [-0.1, -0.05) is 20.3 Å². The molecule has 0 aliphatic heterocycles. The summed E-state index contributed by atoms with van der Waals surface area (Å²) < 4.78 is 0. The third kappa shape index (κ3) is 35.9. The first kappa shape index (κ1) is 17.2. The van der Waals surface area contributed by atoms with Crippen LogP contribution in [0.3, 0.4) is 0 Å². The molecular formula is C7H18O2Y. The summed E-state index contributed by atoms with van der Waals surface area (Å²) >= 11 is 0. The SMILES string of the molecule is CCCCO.CCCO.[Y]. The van der Waals surface area contributed by atoms with E-state index in [1.807, 2.05) is 6.92 Å². The molecule has 0 aromatic rings. The Balaban J connectivity index is -0.0000000910. The molecule has 0 aromatic carbocycles. The number of hydrogen-bond donors (Lipinski definition) is 2. The Morgan fingerprint density at radius 1 is 0.900 bits per heavy atom. The first-order valence-corrected chi connectivity index (χ1v) is 3.55. The van der Waals surface area contributed by atoms with Gasteiger partial charge in [0.05, 0.1) is 0 Å². The molecule has 2 N–H and O–H groups in total. The maximum atomic E-state index is 8.07. The second kappa shape index (κ2) is 22.5. The van der Waals surface area contributed by atoms with Gasteiger partial charge in [0, 0.05) is 45.9 Å². The van der Waals surface area contributed by atoms with E-state index in [0.29, 0.717) is 13.2 Å². The van der Waals surface area contributed by atoms with Crippen molar-refractivity contribution in [2.24, 2.45) is 0 Å². The van der Waals surface area contributed by atoms with Crippen LogP contribution in [0.1, 0.15) is 33.1 Å². The molecule has 0 aliphatic carbocycles. The third-order valence-corrected chi connectivity index (χ3v) is 0.735. The fourth-order valence-corrected chi connectivity index (χ4v) is 0.158. The van der Waals surface area contributed by atoms with Crippen molar-refractivity contribution in [1.82, 2.24) is 0 Å². The maximum Gasteiger partial charge on any atom is 0.0430 e. The molecule has 1 radical (unpaired) electrons. The molecular weight excluding hydrogens is 205 g/mol. The summed E-state index contributed by atoms with van der Waals surface area (Å²) in [6, 6.07) is 0. The summed E-state index contributed by atoms with van der Waals surface area (Å²) in [4.78, 5) is 0. The van der Waals surface area contributed by atoms with Crippen LogP contribution in [0.4, 0.5) is 0 Å². The van der Waals surface area contributed by atoms with Gasteiger partial charge in [0.2, 0.25) is 0 Å². The summed E-state index contributed by atoms with van der Waals surface area (Å²) in [6.07, 6.45) is 2.91.